The van der Waals surface area contributed by atoms with Crippen molar-refractivity contribution in [1.82, 2.24) is 14.5 Å². The zero-order valence-electron chi connectivity index (χ0n) is 15.4. The number of imidazole rings is 1. The average molecular weight is 433 g/mol. The molecule has 0 unspecified atom stereocenters. The highest BCUT2D eigenvalue weighted by molar-refractivity contribution is 6.35. The summed E-state index contributed by atoms with van der Waals surface area (Å²) in [5.41, 5.74) is 2.73. The van der Waals surface area contributed by atoms with E-state index in [2.05, 4.69) is 17.2 Å². The van der Waals surface area contributed by atoms with Gasteiger partial charge in [0.05, 0.1) is 21.1 Å². The Bertz CT molecular complexity index is 1210. The monoisotopic (exact) mass is 432 g/mol. The van der Waals surface area contributed by atoms with Gasteiger partial charge in [0.25, 0.3) is 0 Å². The molecule has 2 aromatic carbocycles. The number of nitrogens with one attached hydrogen (secondary N) is 1. The Morgan fingerprint density at radius 2 is 1.86 bits per heavy atom. The predicted octanol–water partition coefficient (Wildman–Crippen LogP) is 6.84. The number of hydrogen-bond donors (Lipinski definition) is 1. The van der Waals surface area contributed by atoms with Crippen molar-refractivity contribution in [2.24, 2.45) is 0 Å². The van der Waals surface area contributed by atoms with Gasteiger partial charge in [-0.1, -0.05) is 36.2 Å². The quantitative estimate of drug-likeness (QED) is 0.375. The largest absolute Gasteiger partial charge is 0.339 e. The molecule has 29 heavy (non-hydrogen) atoms. The summed E-state index contributed by atoms with van der Waals surface area (Å²) < 4.78 is 28.6. The summed E-state index contributed by atoms with van der Waals surface area (Å²) in [6.07, 6.45) is 2.54. The molecule has 4 rings (SSSR count). The minimum atomic E-state index is -0.951. The molecule has 0 aliphatic carbocycles. The number of anilines is 2. The second-order valence-electron chi connectivity index (χ2n) is 6.50. The van der Waals surface area contributed by atoms with Gasteiger partial charge in [-0.05, 0) is 36.8 Å². The highest BCUT2D eigenvalue weighted by Gasteiger charge is 2.16. The van der Waals surface area contributed by atoms with Crippen LogP contribution in [0, 0.1) is 11.6 Å². The molecule has 0 spiro atoms. The molecular weight excluding hydrogens is 417 g/mol. The summed E-state index contributed by atoms with van der Waals surface area (Å²) in [4.78, 5) is 9.06. The first-order valence-corrected chi connectivity index (χ1v) is 9.76. The molecule has 0 radical (unpaired) electrons. The molecule has 8 heteroatoms. The Kier molecular flexibility index (Phi) is 5.39. The van der Waals surface area contributed by atoms with Gasteiger partial charge in [-0.25, -0.2) is 18.7 Å². The number of benzene rings is 2. The van der Waals surface area contributed by atoms with E-state index in [1.54, 1.807) is 12.3 Å². The van der Waals surface area contributed by atoms with Crippen molar-refractivity contribution in [1.29, 1.82) is 0 Å². The molecule has 2 aromatic heterocycles. The average Bonchev–Trinajstić information content (AvgIpc) is 3.06. The zero-order chi connectivity index (χ0) is 20.5. The van der Waals surface area contributed by atoms with E-state index in [1.165, 1.54) is 6.07 Å². The third-order valence-corrected chi connectivity index (χ3v) is 5.04. The normalized spacial score (nSPS) is 11.2. The van der Waals surface area contributed by atoms with E-state index in [4.69, 9.17) is 28.2 Å². The minimum Gasteiger partial charge on any atom is -0.339 e. The number of aromatic nitrogens is 3. The Hall–Kier alpha value is -2.70. The van der Waals surface area contributed by atoms with Crippen molar-refractivity contribution in [3.05, 3.63) is 70.3 Å². The van der Waals surface area contributed by atoms with Gasteiger partial charge in [0.1, 0.15) is 11.6 Å². The van der Waals surface area contributed by atoms with Crippen LogP contribution in [0.1, 0.15) is 13.3 Å². The van der Waals surface area contributed by atoms with E-state index in [0.29, 0.717) is 27.4 Å². The van der Waals surface area contributed by atoms with Crippen LogP contribution >= 0.6 is 23.2 Å². The molecule has 0 amide bonds. The Balaban J connectivity index is 1.73. The molecule has 0 bridgehead atoms. The van der Waals surface area contributed by atoms with E-state index in [-0.39, 0.29) is 0 Å². The summed E-state index contributed by atoms with van der Waals surface area (Å²) in [5, 5.41) is 3.85. The summed E-state index contributed by atoms with van der Waals surface area (Å²) in [6, 6.07) is 10.8. The van der Waals surface area contributed by atoms with Crippen LogP contribution in [-0.2, 0) is 6.54 Å². The fourth-order valence-electron chi connectivity index (χ4n) is 3.17. The summed E-state index contributed by atoms with van der Waals surface area (Å²) in [5.74, 6) is -0.826. The number of para-hydroxylation sites is 1. The number of hydrogen-bond acceptors (Lipinski definition) is 3. The van der Waals surface area contributed by atoms with Crippen LogP contribution in [0.5, 0.6) is 0 Å². The van der Waals surface area contributed by atoms with Crippen LogP contribution in [0.4, 0.5) is 20.3 Å². The third-order valence-electron chi connectivity index (χ3n) is 4.45. The Labute approximate surface area is 176 Å². The smallest absolute Gasteiger partial charge is 0.160 e. The molecule has 0 aliphatic heterocycles. The molecule has 0 saturated heterocycles. The standard InChI is InChI=1S/C21H16Cl2F2N4/c1-2-8-29-19-14(22)4-3-5-18(19)28-21(29)12-9-15(23)20(26-11-12)27-13-6-7-16(24)17(25)10-13/h3-7,9-11H,2,8H2,1H3,(H,26,27). The first kappa shape index (κ1) is 19.6. The van der Waals surface area contributed by atoms with Crippen LogP contribution in [0.25, 0.3) is 22.4 Å². The van der Waals surface area contributed by atoms with Crippen LogP contribution in [-0.4, -0.2) is 14.5 Å². The molecule has 4 aromatic rings. The number of fused-ring (bicyclic) bond motifs is 1. The number of pyridine rings is 1. The Morgan fingerprint density at radius 3 is 2.59 bits per heavy atom. The van der Waals surface area contributed by atoms with Crippen LogP contribution in [0.3, 0.4) is 0 Å². The van der Waals surface area contributed by atoms with Crippen molar-refractivity contribution in [2.45, 2.75) is 19.9 Å². The second-order valence-corrected chi connectivity index (χ2v) is 7.32. The third kappa shape index (κ3) is 3.78. The van der Waals surface area contributed by atoms with Gasteiger partial charge in [-0.15, -0.1) is 0 Å². The summed E-state index contributed by atoms with van der Waals surface area (Å²) in [7, 11) is 0. The molecule has 0 saturated carbocycles. The maximum absolute atomic E-state index is 13.4. The van der Waals surface area contributed by atoms with Gasteiger partial charge in [0.15, 0.2) is 11.6 Å². The van der Waals surface area contributed by atoms with E-state index in [0.717, 1.165) is 41.7 Å². The molecule has 0 fully saturated rings. The minimum absolute atomic E-state index is 0.327. The van der Waals surface area contributed by atoms with Gasteiger partial charge >= 0.3 is 0 Å². The fraction of sp³-hybridized carbons (Fsp3) is 0.143. The van der Waals surface area contributed by atoms with Crippen molar-refractivity contribution >= 4 is 45.7 Å². The van der Waals surface area contributed by atoms with Crippen LogP contribution < -0.4 is 5.32 Å². The lowest BCUT2D eigenvalue weighted by Gasteiger charge is -2.11. The lowest BCUT2D eigenvalue weighted by molar-refractivity contribution is 0.509. The topological polar surface area (TPSA) is 42.7 Å². The van der Waals surface area contributed by atoms with Gasteiger partial charge in [-0.3, -0.25) is 0 Å². The van der Waals surface area contributed by atoms with Gasteiger partial charge in [-0.2, -0.15) is 0 Å². The van der Waals surface area contributed by atoms with Gasteiger partial charge in [0.2, 0.25) is 0 Å². The van der Waals surface area contributed by atoms with Crippen LogP contribution in [0.2, 0.25) is 10.0 Å². The lowest BCUT2D eigenvalue weighted by atomic mass is 10.2. The summed E-state index contributed by atoms with van der Waals surface area (Å²) >= 11 is 12.8. The number of nitrogens with zero attached hydrogens (tertiary/aromatic N) is 3. The number of aryl methyl sites for hydroxylation is 1. The molecule has 148 valence electrons. The van der Waals surface area contributed by atoms with E-state index in [9.17, 15) is 8.78 Å². The van der Waals surface area contributed by atoms with Crippen molar-refractivity contribution in [3.63, 3.8) is 0 Å². The second kappa shape index (κ2) is 7.97. The molecule has 2 heterocycles. The summed E-state index contributed by atoms with van der Waals surface area (Å²) in [6.45, 7) is 2.81. The first-order valence-electron chi connectivity index (χ1n) is 9.00. The lowest BCUT2D eigenvalue weighted by Crippen LogP contribution is -2.01. The van der Waals surface area contributed by atoms with E-state index in [1.807, 2.05) is 22.8 Å². The maximum Gasteiger partial charge on any atom is 0.160 e. The van der Waals surface area contributed by atoms with E-state index >= 15 is 0 Å². The van der Waals surface area contributed by atoms with Crippen molar-refractivity contribution in [2.75, 3.05) is 5.32 Å². The van der Waals surface area contributed by atoms with Crippen LogP contribution in [0.15, 0.2) is 48.7 Å². The molecule has 0 aliphatic rings. The highest BCUT2D eigenvalue weighted by atomic mass is 35.5. The van der Waals surface area contributed by atoms with Crippen molar-refractivity contribution in [3.8, 4) is 11.4 Å². The predicted molar refractivity (Wildman–Crippen MR) is 113 cm³/mol. The SMILES string of the molecule is CCCn1c(-c2cnc(Nc3ccc(F)c(F)c3)c(Cl)c2)nc2cccc(Cl)c21. The molecule has 4 nitrogen and oxygen atoms in total. The zero-order valence-corrected chi connectivity index (χ0v) is 16.9. The molecule has 1 N–H and O–H groups in total. The number of rotatable bonds is 5. The van der Waals surface area contributed by atoms with E-state index < -0.39 is 11.6 Å². The van der Waals surface area contributed by atoms with Gasteiger partial charge in [0, 0.05) is 30.1 Å². The van der Waals surface area contributed by atoms with Gasteiger partial charge < -0.3 is 9.88 Å². The Morgan fingerprint density at radius 1 is 1.03 bits per heavy atom. The fourth-order valence-corrected chi connectivity index (χ4v) is 3.65. The maximum atomic E-state index is 13.4. The first-order chi connectivity index (χ1) is 14.0. The molecule has 0 atom stereocenters. The van der Waals surface area contributed by atoms with Crippen molar-refractivity contribution < 1.29 is 8.78 Å². The molecular formula is C21H16Cl2F2N4. The number of halogens is 4. The highest BCUT2D eigenvalue weighted by Crippen LogP contribution is 2.33.